The van der Waals surface area contributed by atoms with Crippen LogP contribution in [0.15, 0.2) is 112 Å². The quantitative estimate of drug-likeness (QED) is 0.142. The summed E-state index contributed by atoms with van der Waals surface area (Å²) < 4.78 is 35.6. The van der Waals surface area contributed by atoms with Crippen molar-refractivity contribution in [3.63, 3.8) is 0 Å². The molecule has 0 aliphatic rings. The zero-order valence-corrected chi connectivity index (χ0v) is 28.8. The molecule has 8 nitrogen and oxygen atoms in total. The Morgan fingerprint density at radius 3 is 2.13 bits per heavy atom. The SMILES string of the molecule is CCCCNC(=O)C(Cc1ccccc1)N(Cc1ccc(Br)cc1)C(=O)CN(c1ccc(C)cc1)S(=O)(=O)c1ccc(OC)cc1. The van der Waals surface area contributed by atoms with Crippen LogP contribution in [-0.2, 0) is 32.6 Å². The second-order valence-corrected chi connectivity index (χ2v) is 13.8. The third-order valence-electron chi connectivity index (χ3n) is 7.62. The van der Waals surface area contributed by atoms with Crippen molar-refractivity contribution in [1.29, 1.82) is 0 Å². The average Bonchev–Trinajstić information content (AvgIpc) is 3.07. The first-order chi connectivity index (χ1) is 22.1. The van der Waals surface area contributed by atoms with E-state index in [1.165, 1.54) is 24.1 Å². The standard InChI is InChI=1S/C36H40BrN3O5S/c1-4-5-23-38-36(42)34(24-28-9-7-6-8-10-28)39(25-29-13-15-30(37)16-14-29)35(41)26-40(31-17-11-27(2)12-18-31)46(43,44)33-21-19-32(45-3)20-22-33/h6-22,34H,4-5,23-26H2,1-3H3,(H,38,42). The molecule has 0 heterocycles. The highest BCUT2D eigenvalue weighted by Crippen LogP contribution is 2.27. The van der Waals surface area contributed by atoms with E-state index in [0.29, 0.717) is 18.0 Å². The predicted octanol–water partition coefficient (Wildman–Crippen LogP) is 6.52. The zero-order chi connectivity index (χ0) is 33.1. The first-order valence-corrected chi connectivity index (χ1v) is 17.4. The van der Waals surface area contributed by atoms with E-state index in [1.807, 2.05) is 68.4 Å². The molecule has 2 amide bonds. The van der Waals surface area contributed by atoms with Crippen LogP contribution in [0.2, 0.25) is 0 Å². The minimum atomic E-state index is -4.20. The van der Waals surface area contributed by atoms with Crippen molar-refractivity contribution in [1.82, 2.24) is 10.2 Å². The lowest BCUT2D eigenvalue weighted by Crippen LogP contribution is -2.53. The molecule has 1 unspecified atom stereocenters. The molecular weight excluding hydrogens is 666 g/mol. The summed E-state index contributed by atoms with van der Waals surface area (Å²) in [5.41, 5.74) is 2.97. The third-order valence-corrected chi connectivity index (χ3v) is 9.93. The summed E-state index contributed by atoms with van der Waals surface area (Å²) in [4.78, 5) is 29.9. The Kier molecular flexibility index (Phi) is 12.4. The van der Waals surface area contributed by atoms with Crippen molar-refractivity contribution in [2.24, 2.45) is 0 Å². The molecule has 46 heavy (non-hydrogen) atoms. The number of nitrogens with one attached hydrogen (secondary N) is 1. The molecule has 0 aliphatic heterocycles. The second-order valence-electron chi connectivity index (χ2n) is 11.0. The fourth-order valence-corrected chi connectivity index (χ4v) is 6.64. The molecule has 0 aromatic heterocycles. The lowest BCUT2D eigenvalue weighted by atomic mass is 10.0. The van der Waals surface area contributed by atoms with Crippen LogP contribution in [-0.4, -0.2) is 51.4 Å². The van der Waals surface area contributed by atoms with Crippen molar-refractivity contribution in [2.75, 3.05) is 24.5 Å². The van der Waals surface area contributed by atoms with Crippen LogP contribution in [0.5, 0.6) is 5.75 Å². The molecule has 0 saturated heterocycles. The van der Waals surface area contributed by atoms with Crippen molar-refractivity contribution in [2.45, 2.75) is 50.6 Å². The number of halogens is 1. The number of aryl methyl sites for hydroxylation is 1. The van der Waals surface area contributed by atoms with Gasteiger partial charge in [-0.25, -0.2) is 8.42 Å². The molecule has 0 radical (unpaired) electrons. The van der Waals surface area contributed by atoms with Gasteiger partial charge < -0.3 is 15.0 Å². The highest BCUT2D eigenvalue weighted by atomic mass is 79.9. The summed E-state index contributed by atoms with van der Waals surface area (Å²) in [7, 11) is -2.69. The van der Waals surface area contributed by atoms with Gasteiger partial charge in [-0.2, -0.15) is 0 Å². The number of anilines is 1. The van der Waals surface area contributed by atoms with E-state index in [0.717, 1.165) is 38.3 Å². The van der Waals surface area contributed by atoms with Gasteiger partial charge in [0.05, 0.1) is 17.7 Å². The first kappa shape index (κ1) is 34.7. The predicted molar refractivity (Wildman–Crippen MR) is 185 cm³/mol. The normalized spacial score (nSPS) is 11.8. The van der Waals surface area contributed by atoms with Crippen LogP contribution in [0, 0.1) is 6.92 Å². The monoisotopic (exact) mass is 705 g/mol. The molecule has 1 atom stereocenters. The number of carbonyl (C=O) groups excluding carboxylic acids is 2. The Bertz CT molecular complexity index is 1680. The molecule has 0 bridgehead atoms. The van der Waals surface area contributed by atoms with Crippen LogP contribution in [0.3, 0.4) is 0 Å². The first-order valence-electron chi connectivity index (χ1n) is 15.2. The smallest absolute Gasteiger partial charge is 0.264 e. The number of hydrogen-bond acceptors (Lipinski definition) is 5. The molecule has 0 spiro atoms. The maximum absolute atomic E-state index is 14.5. The number of unbranched alkanes of at least 4 members (excludes halogenated alkanes) is 1. The summed E-state index contributed by atoms with van der Waals surface area (Å²) in [6.45, 7) is 4.02. The lowest BCUT2D eigenvalue weighted by molar-refractivity contribution is -0.140. The summed E-state index contributed by atoms with van der Waals surface area (Å²) >= 11 is 3.46. The van der Waals surface area contributed by atoms with Gasteiger partial charge in [0.1, 0.15) is 18.3 Å². The number of benzene rings is 4. The van der Waals surface area contributed by atoms with E-state index >= 15 is 0 Å². The Morgan fingerprint density at radius 1 is 0.870 bits per heavy atom. The minimum absolute atomic E-state index is 0.0132. The highest BCUT2D eigenvalue weighted by molar-refractivity contribution is 9.10. The van der Waals surface area contributed by atoms with Crippen molar-refractivity contribution in [3.8, 4) is 5.75 Å². The van der Waals surface area contributed by atoms with Crippen LogP contribution < -0.4 is 14.4 Å². The van der Waals surface area contributed by atoms with Crippen LogP contribution >= 0.6 is 15.9 Å². The van der Waals surface area contributed by atoms with E-state index in [2.05, 4.69) is 21.2 Å². The van der Waals surface area contributed by atoms with Crippen molar-refractivity contribution in [3.05, 3.63) is 124 Å². The third kappa shape index (κ3) is 9.20. The minimum Gasteiger partial charge on any atom is -0.497 e. The van der Waals surface area contributed by atoms with Crippen LogP contribution in [0.4, 0.5) is 5.69 Å². The number of hydrogen-bond donors (Lipinski definition) is 1. The molecule has 242 valence electrons. The number of sulfonamides is 1. The lowest BCUT2D eigenvalue weighted by Gasteiger charge is -2.34. The summed E-state index contributed by atoms with van der Waals surface area (Å²) in [5, 5.41) is 3.01. The van der Waals surface area contributed by atoms with Gasteiger partial charge in [-0.3, -0.25) is 13.9 Å². The fraction of sp³-hybridized carbons (Fsp3) is 0.278. The molecule has 4 aromatic carbocycles. The van der Waals surface area contributed by atoms with Gasteiger partial charge in [-0.15, -0.1) is 0 Å². The Hall–Kier alpha value is -4.15. The molecule has 0 fully saturated rings. The Balaban J connectivity index is 1.78. The average molecular weight is 707 g/mol. The molecule has 0 aliphatic carbocycles. The van der Waals surface area contributed by atoms with E-state index < -0.39 is 28.5 Å². The van der Waals surface area contributed by atoms with Gasteiger partial charge in [0.25, 0.3) is 10.0 Å². The molecule has 10 heteroatoms. The number of methoxy groups -OCH3 is 1. The summed E-state index contributed by atoms with van der Waals surface area (Å²) in [5.74, 6) is -0.287. The van der Waals surface area contributed by atoms with Gasteiger partial charge in [0, 0.05) is 24.0 Å². The zero-order valence-electron chi connectivity index (χ0n) is 26.4. The Morgan fingerprint density at radius 2 is 1.52 bits per heavy atom. The number of carbonyl (C=O) groups is 2. The van der Waals surface area contributed by atoms with Crippen molar-refractivity contribution >= 4 is 43.5 Å². The van der Waals surface area contributed by atoms with Crippen LogP contribution in [0.25, 0.3) is 0 Å². The van der Waals surface area contributed by atoms with Crippen LogP contribution in [0.1, 0.15) is 36.5 Å². The van der Waals surface area contributed by atoms with E-state index in [9.17, 15) is 18.0 Å². The van der Waals surface area contributed by atoms with E-state index in [1.54, 1.807) is 36.4 Å². The second kappa shape index (κ2) is 16.4. The van der Waals surface area contributed by atoms with Gasteiger partial charge in [0.15, 0.2) is 0 Å². The number of nitrogens with zero attached hydrogens (tertiary/aromatic N) is 2. The van der Waals surface area contributed by atoms with Gasteiger partial charge in [-0.1, -0.05) is 89.4 Å². The highest BCUT2D eigenvalue weighted by Gasteiger charge is 2.34. The van der Waals surface area contributed by atoms with Gasteiger partial charge >= 0.3 is 0 Å². The number of ether oxygens (including phenoxy) is 1. The number of rotatable bonds is 15. The maximum atomic E-state index is 14.5. The van der Waals surface area contributed by atoms with E-state index in [4.69, 9.17) is 4.74 Å². The van der Waals surface area contributed by atoms with E-state index in [-0.39, 0.29) is 23.8 Å². The number of amides is 2. The molecular formula is C36H40BrN3O5S. The summed E-state index contributed by atoms with van der Waals surface area (Å²) in [6.07, 6.45) is 1.96. The molecule has 1 N–H and O–H groups in total. The maximum Gasteiger partial charge on any atom is 0.264 e. The Labute approximate surface area is 280 Å². The van der Waals surface area contributed by atoms with Gasteiger partial charge in [-0.05, 0) is 73.0 Å². The molecule has 0 saturated carbocycles. The summed E-state index contributed by atoms with van der Waals surface area (Å²) in [6, 6.07) is 29.1. The topological polar surface area (TPSA) is 96.0 Å². The molecule has 4 aromatic rings. The van der Waals surface area contributed by atoms with Crippen molar-refractivity contribution < 1.29 is 22.7 Å². The molecule has 4 rings (SSSR count). The van der Waals surface area contributed by atoms with Gasteiger partial charge in [0.2, 0.25) is 11.8 Å². The fourth-order valence-electron chi connectivity index (χ4n) is 4.96. The largest absolute Gasteiger partial charge is 0.497 e.